The topological polar surface area (TPSA) is 67.2 Å². The lowest BCUT2D eigenvalue weighted by Crippen LogP contribution is -2.49. The molecule has 1 saturated heterocycles. The van der Waals surface area contributed by atoms with Crippen LogP contribution >= 0.6 is 0 Å². The molecule has 0 radical (unpaired) electrons. The van der Waals surface area contributed by atoms with E-state index in [1.165, 1.54) is 12.0 Å². The second kappa shape index (κ2) is 8.73. The van der Waals surface area contributed by atoms with Crippen LogP contribution in [-0.2, 0) is 0 Å². The predicted molar refractivity (Wildman–Crippen MR) is 117 cm³/mol. The van der Waals surface area contributed by atoms with E-state index in [0.717, 1.165) is 43.2 Å². The number of hydrogen-bond acceptors (Lipinski definition) is 6. The van der Waals surface area contributed by atoms with Crippen LogP contribution < -0.4 is 19.7 Å². The molecular weight excluding hydrogens is 394 g/mol. The maximum absolute atomic E-state index is 12.5. The summed E-state index contributed by atoms with van der Waals surface area (Å²) in [5.41, 5.74) is 2.34. The molecule has 1 N–H and O–H groups in total. The van der Waals surface area contributed by atoms with Crippen LogP contribution in [0, 0.1) is 0 Å². The van der Waals surface area contributed by atoms with Gasteiger partial charge in [0.1, 0.15) is 0 Å². The van der Waals surface area contributed by atoms with E-state index >= 15 is 0 Å². The number of anilines is 1. The number of ether oxygens (including phenoxy) is 2. The lowest BCUT2D eigenvalue weighted by molar-refractivity contribution is 0.0902. The Labute approximate surface area is 181 Å². The van der Waals surface area contributed by atoms with Crippen LogP contribution in [0.5, 0.6) is 11.5 Å². The highest BCUT2D eigenvalue weighted by atomic mass is 16.7. The van der Waals surface area contributed by atoms with Gasteiger partial charge in [0.05, 0.1) is 12.3 Å². The number of amides is 1. The average molecular weight is 419 g/mol. The first-order valence-corrected chi connectivity index (χ1v) is 10.5. The largest absolute Gasteiger partial charge is 0.459 e. The van der Waals surface area contributed by atoms with Crippen molar-refractivity contribution in [2.75, 3.05) is 44.4 Å². The number of nitrogens with zero attached hydrogens (tertiary/aromatic N) is 2. The Morgan fingerprint density at radius 1 is 0.935 bits per heavy atom. The molecule has 5 rings (SSSR count). The molecule has 2 aromatic carbocycles. The fourth-order valence-corrected chi connectivity index (χ4v) is 4.19. The quantitative estimate of drug-likeness (QED) is 0.661. The number of carbonyl (C=O) groups is 1. The molecule has 31 heavy (non-hydrogen) atoms. The third-order valence-corrected chi connectivity index (χ3v) is 5.86. The first-order valence-electron chi connectivity index (χ1n) is 10.5. The van der Waals surface area contributed by atoms with E-state index in [9.17, 15) is 4.79 Å². The molecule has 3 heterocycles. The number of carbonyl (C=O) groups excluding carboxylic acids is 1. The zero-order chi connectivity index (χ0) is 21.0. The zero-order valence-corrected chi connectivity index (χ0v) is 17.2. The van der Waals surface area contributed by atoms with Gasteiger partial charge >= 0.3 is 0 Å². The van der Waals surface area contributed by atoms with E-state index in [1.54, 1.807) is 12.1 Å². The van der Waals surface area contributed by atoms with Crippen molar-refractivity contribution in [3.63, 3.8) is 0 Å². The monoisotopic (exact) mass is 419 g/mol. The summed E-state index contributed by atoms with van der Waals surface area (Å²) in [6, 6.07) is 19.9. The van der Waals surface area contributed by atoms with Gasteiger partial charge < -0.3 is 24.1 Å². The first-order chi connectivity index (χ1) is 15.3. The van der Waals surface area contributed by atoms with Crippen LogP contribution in [0.2, 0.25) is 0 Å². The van der Waals surface area contributed by atoms with Crippen molar-refractivity contribution >= 4 is 11.6 Å². The fraction of sp³-hybridized carbons (Fsp3) is 0.292. The molecule has 1 amide bonds. The number of nitrogens with one attached hydrogen (secondary N) is 1. The van der Waals surface area contributed by atoms with E-state index in [0.29, 0.717) is 12.3 Å². The first kappa shape index (κ1) is 19.5. The minimum absolute atomic E-state index is 0.0198. The minimum atomic E-state index is -0.210. The number of para-hydroxylation sites is 1. The van der Waals surface area contributed by atoms with Crippen LogP contribution in [-0.4, -0.2) is 50.3 Å². The molecule has 0 saturated carbocycles. The van der Waals surface area contributed by atoms with Crippen LogP contribution in [0.1, 0.15) is 22.2 Å². The van der Waals surface area contributed by atoms with Gasteiger partial charge in [-0.25, -0.2) is 0 Å². The Morgan fingerprint density at radius 2 is 1.74 bits per heavy atom. The summed E-state index contributed by atoms with van der Waals surface area (Å²) < 4.78 is 16.3. The van der Waals surface area contributed by atoms with Gasteiger partial charge in [-0.05, 0) is 42.0 Å². The molecule has 0 bridgehead atoms. The number of furan rings is 1. The number of hydrogen-bond donors (Lipinski definition) is 1. The van der Waals surface area contributed by atoms with E-state index in [-0.39, 0.29) is 18.7 Å². The van der Waals surface area contributed by atoms with Crippen molar-refractivity contribution in [2.24, 2.45) is 0 Å². The van der Waals surface area contributed by atoms with Gasteiger partial charge in [-0.15, -0.1) is 0 Å². The Morgan fingerprint density at radius 3 is 2.52 bits per heavy atom. The number of rotatable bonds is 6. The van der Waals surface area contributed by atoms with Crippen molar-refractivity contribution in [3.8, 4) is 11.5 Å². The maximum atomic E-state index is 12.5. The standard InChI is InChI=1S/C24H25N3O4/c28-24(22-7-4-14-29-22)25-16-20(18-8-9-21-23(15-18)31-17-30-21)27-12-10-26(11-13-27)19-5-2-1-3-6-19/h1-9,14-15,20H,10-13,16-17H2,(H,25,28)/t20-/m1/s1. The SMILES string of the molecule is O=C(NC[C@H](c1ccc2c(c1)OCO2)N1CCN(c2ccccc2)CC1)c1ccco1. The molecule has 7 heteroatoms. The van der Waals surface area contributed by atoms with Crippen molar-refractivity contribution in [1.29, 1.82) is 0 Å². The van der Waals surface area contributed by atoms with Gasteiger partial charge in [-0.3, -0.25) is 9.69 Å². The van der Waals surface area contributed by atoms with Gasteiger partial charge in [0.25, 0.3) is 5.91 Å². The summed E-state index contributed by atoms with van der Waals surface area (Å²) in [6.07, 6.45) is 1.51. The number of benzene rings is 2. The Hall–Kier alpha value is -3.45. The van der Waals surface area contributed by atoms with Crippen LogP contribution in [0.25, 0.3) is 0 Å². The molecule has 2 aliphatic heterocycles. The molecule has 1 aromatic heterocycles. The summed E-state index contributed by atoms with van der Waals surface area (Å²) in [4.78, 5) is 17.3. The molecular formula is C24H25N3O4. The van der Waals surface area contributed by atoms with Crippen LogP contribution in [0.15, 0.2) is 71.3 Å². The molecule has 2 aliphatic rings. The van der Waals surface area contributed by atoms with E-state index in [4.69, 9.17) is 13.9 Å². The second-order valence-corrected chi connectivity index (χ2v) is 7.67. The average Bonchev–Trinajstić information content (AvgIpc) is 3.52. The van der Waals surface area contributed by atoms with Crippen molar-refractivity contribution < 1.29 is 18.7 Å². The van der Waals surface area contributed by atoms with Gasteiger partial charge in [0.15, 0.2) is 17.3 Å². The van der Waals surface area contributed by atoms with Crippen molar-refractivity contribution in [1.82, 2.24) is 10.2 Å². The maximum Gasteiger partial charge on any atom is 0.287 e. The summed E-state index contributed by atoms with van der Waals surface area (Å²) in [5.74, 6) is 1.62. The highest BCUT2D eigenvalue weighted by Gasteiger charge is 2.27. The highest BCUT2D eigenvalue weighted by molar-refractivity contribution is 5.91. The molecule has 0 aliphatic carbocycles. The van der Waals surface area contributed by atoms with Crippen molar-refractivity contribution in [3.05, 3.63) is 78.3 Å². The molecule has 7 nitrogen and oxygen atoms in total. The summed E-state index contributed by atoms with van der Waals surface area (Å²) in [5, 5.41) is 3.03. The Bertz CT molecular complexity index is 1010. The van der Waals surface area contributed by atoms with E-state index in [1.807, 2.05) is 18.2 Å². The van der Waals surface area contributed by atoms with Crippen LogP contribution in [0.4, 0.5) is 5.69 Å². The van der Waals surface area contributed by atoms with Gasteiger partial charge in [0, 0.05) is 38.4 Å². The minimum Gasteiger partial charge on any atom is -0.459 e. The normalized spacial score (nSPS) is 16.8. The summed E-state index contributed by atoms with van der Waals surface area (Å²) in [6.45, 7) is 4.36. The summed E-state index contributed by atoms with van der Waals surface area (Å²) in [7, 11) is 0. The molecule has 3 aromatic rings. The number of piperazine rings is 1. The van der Waals surface area contributed by atoms with E-state index in [2.05, 4.69) is 45.4 Å². The molecule has 0 unspecified atom stereocenters. The Kier molecular flexibility index (Phi) is 5.50. The van der Waals surface area contributed by atoms with Gasteiger partial charge in [0.2, 0.25) is 6.79 Å². The molecule has 1 fully saturated rings. The third-order valence-electron chi connectivity index (χ3n) is 5.86. The highest BCUT2D eigenvalue weighted by Crippen LogP contribution is 2.35. The molecule has 0 spiro atoms. The van der Waals surface area contributed by atoms with Gasteiger partial charge in [-0.1, -0.05) is 24.3 Å². The molecule has 160 valence electrons. The zero-order valence-electron chi connectivity index (χ0n) is 17.2. The van der Waals surface area contributed by atoms with E-state index < -0.39 is 0 Å². The smallest absolute Gasteiger partial charge is 0.287 e. The lowest BCUT2D eigenvalue weighted by Gasteiger charge is -2.40. The molecule has 1 atom stereocenters. The second-order valence-electron chi connectivity index (χ2n) is 7.67. The lowest BCUT2D eigenvalue weighted by atomic mass is 10.0. The Balaban J connectivity index is 1.32. The van der Waals surface area contributed by atoms with Gasteiger partial charge in [-0.2, -0.15) is 0 Å². The third kappa shape index (κ3) is 4.22. The number of fused-ring (bicyclic) bond motifs is 1. The fourth-order valence-electron chi connectivity index (χ4n) is 4.19. The van der Waals surface area contributed by atoms with Crippen molar-refractivity contribution in [2.45, 2.75) is 6.04 Å². The van der Waals surface area contributed by atoms with Crippen LogP contribution in [0.3, 0.4) is 0 Å². The predicted octanol–water partition coefficient (Wildman–Crippen LogP) is 3.30. The summed E-state index contributed by atoms with van der Waals surface area (Å²) >= 11 is 0.